The lowest BCUT2D eigenvalue weighted by Gasteiger charge is -2.66. The van der Waals surface area contributed by atoms with Crippen molar-refractivity contribution >= 4 is 23.9 Å². The molecule has 0 saturated heterocycles. The van der Waals surface area contributed by atoms with Gasteiger partial charge in [0.25, 0.3) is 0 Å². The minimum Gasteiger partial charge on any atom is -0.456 e. The van der Waals surface area contributed by atoms with Crippen LogP contribution in [0.5, 0.6) is 0 Å². The third kappa shape index (κ3) is 7.96. The molecule has 0 N–H and O–H groups in total. The summed E-state index contributed by atoms with van der Waals surface area (Å²) in [5.41, 5.74) is 0.507. The standard InChI is InChI=1S/C24H36O4.C23H34O4/c1-15(2)22(26)27-14-21(25)28-24(18-7-5-6-16(3)8-18)19-9-17-10-20(24)13-23(4,11-17)12-19;1-4-20(24)26-14-21(25)27-23(17-7-5-6-15(2)8-17)18-9-16-10-19(23)13-22(3,11-16)12-18/h16-20H,1,5-14H2,2-4H3;4,15-19H,1,5-14H2,2-3H3. The molecular weight excluding hydrogens is 693 g/mol. The Labute approximate surface area is 330 Å². The summed E-state index contributed by atoms with van der Waals surface area (Å²) in [7, 11) is 0. The fraction of sp³-hybridized carbons (Fsp3) is 0.830. The zero-order valence-electron chi connectivity index (χ0n) is 34.7. The van der Waals surface area contributed by atoms with Gasteiger partial charge >= 0.3 is 23.9 Å². The van der Waals surface area contributed by atoms with Gasteiger partial charge in [0.05, 0.1) is 0 Å². The van der Waals surface area contributed by atoms with Crippen molar-refractivity contribution in [2.45, 2.75) is 161 Å². The van der Waals surface area contributed by atoms with Gasteiger partial charge in [-0.2, -0.15) is 0 Å². The van der Waals surface area contributed by atoms with Crippen LogP contribution in [0.1, 0.15) is 150 Å². The van der Waals surface area contributed by atoms with Gasteiger partial charge in [-0.15, -0.1) is 0 Å². The summed E-state index contributed by atoms with van der Waals surface area (Å²) in [5.74, 6) is 3.98. The minimum atomic E-state index is -0.565. The fourth-order valence-corrected chi connectivity index (χ4v) is 15.2. The molecule has 0 amide bonds. The van der Waals surface area contributed by atoms with Crippen molar-refractivity contribution in [1.29, 1.82) is 0 Å². The Morgan fingerprint density at radius 1 is 0.600 bits per heavy atom. The Kier molecular flexibility index (Phi) is 11.5. The highest BCUT2D eigenvalue weighted by Gasteiger charge is 2.67. The van der Waals surface area contributed by atoms with Crippen LogP contribution < -0.4 is 0 Å². The zero-order chi connectivity index (χ0) is 39.3. The molecule has 8 bridgehead atoms. The molecule has 0 aromatic heterocycles. The summed E-state index contributed by atoms with van der Waals surface area (Å²) in [6.45, 7) is 17.5. The fourth-order valence-electron chi connectivity index (χ4n) is 15.2. The Bertz CT molecular complexity index is 1460. The van der Waals surface area contributed by atoms with E-state index in [2.05, 4.69) is 40.9 Å². The van der Waals surface area contributed by atoms with Gasteiger partial charge in [0.1, 0.15) is 11.2 Å². The van der Waals surface area contributed by atoms with E-state index in [1.807, 2.05) is 0 Å². The van der Waals surface area contributed by atoms with E-state index in [0.717, 1.165) is 37.2 Å². The highest BCUT2D eigenvalue weighted by Crippen LogP contribution is 2.69. The van der Waals surface area contributed by atoms with Gasteiger partial charge in [-0.3, -0.25) is 0 Å². The molecular formula is C47H70O8. The molecule has 0 heterocycles. The van der Waals surface area contributed by atoms with E-state index < -0.39 is 11.9 Å². The van der Waals surface area contributed by atoms with E-state index in [-0.39, 0.29) is 36.4 Å². The second-order valence-electron chi connectivity index (χ2n) is 21.1. The van der Waals surface area contributed by atoms with Crippen LogP contribution in [-0.4, -0.2) is 48.3 Å². The smallest absolute Gasteiger partial charge is 0.344 e. The van der Waals surface area contributed by atoms with Crippen molar-refractivity contribution in [3.05, 3.63) is 24.8 Å². The predicted molar refractivity (Wildman–Crippen MR) is 210 cm³/mol. The second-order valence-corrected chi connectivity index (χ2v) is 21.1. The summed E-state index contributed by atoms with van der Waals surface area (Å²) in [5, 5.41) is 0. The number of ether oxygens (including phenoxy) is 4. The molecule has 8 unspecified atom stereocenters. The molecule has 10 saturated carbocycles. The first-order chi connectivity index (χ1) is 26.1. The molecule has 8 heteroatoms. The highest BCUT2D eigenvalue weighted by molar-refractivity contribution is 5.88. The molecule has 0 aromatic carbocycles. The first-order valence-corrected chi connectivity index (χ1v) is 22.1. The summed E-state index contributed by atoms with van der Waals surface area (Å²) in [6, 6.07) is 0. The molecule has 10 aliphatic carbocycles. The van der Waals surface area contributed by atoms with Crippen LogP contribution in [-0.2, 0) is 38.1 Å². The van der Waals surface area contributed by atoms with Crippen molar-refractivity contribution in [3.8, 4) is 0 Å². The van der Waals surface area contributed by atoms with E-state index >= 15 is 0 Å². The van der Waals surface area contributed by atoms with Crippen LogP contribution in [0.3, 0.4) is 0 Å². The van der Waals surface area contributed by atoms with Crippen LogP contribution in [0, 0.1) is 70.0 Å². The number of hydrogen-bond acceptors (Lipinski definition) is 8. The maximum atomic E-state index is 12.8. The summed E-state index contributed by atoms with van der Waals surface area (Å²) in [6.07, 6.45) is 23.0. The largest absolute Gasteiger partial charge is 0.456 e. The Morgan fingerprint density at radius 2 is 1.00 bits per heavy atom. The van der Waals surface area contributed by atoms with Crippen LogP contribution in [0.4, 0.5) is 0 Å². The van der Waals surface area contributed by atoms with Gasteiger partial charge in [-0.1, -0.05) is 66.5 Å². The van der Waals surface area contributed by atoms with E-state index in [9.17, 15) is 19.2 Å². The Morgan fingerprint density at radius 3 is 1.35 bits per heavy atom. The maximum absolute atomic E-state index is 12.8. The first-order valence-electron chi connectivity index (χ1n) is 22.1. The Balaban J connectivity index is 0.000000169. The lowest BCUT2D eigenvalue weighted by molar-refractivity contribution is -0.248. The van der Waals surface area contributed by atoms with Gasteiger partial charge in [0.15, 0.2) is 13.2 Å². The lowest BCUT2D eigenvalue weighted by atomic mass is 9.42. The monoisotopic (exact) mass is 763 g/mol. The number of carbonyl (C=O) groups excluding carboxylic acids is 4. The topological polar surface area (TPSA) is 105 Å². The number of esters is 4. The van der Waals surface area contributed by atoms with E-state index in [1.165, 1.54) is 96.3 Å². The Hall–Kier alpha value is -2.64. The van der Waals surface area contributed by atoms with Crippen LogP contribution in [0.25, 0.3) is 0 Å². The molecule has 0 radical (unpaired) electrons. The van der Waals surface area contributed by atoms with Gasteiger partial charge in [0, 0.05) is 35.3 Å². The number of hydrogen-bond donors (Lipinski definition) is 0. The number of carbonyl (C=O) groups is 4. The average Bonchev–Trinajstić information content (AvgIpc) is 3.11. The summed E-state index contributed by atoms with van der Waals surface area (Å²) >= 11 is 0. The third-order valence-corrected chi connectivity index (χ3v) is 16.4. The SMILES string of the molecule is C=C(C)C(=O)OCC(=O)OC1(C2CCCC(C)C2)C2CC3CC1CC(C)(C3)C2.C=CC(=O)OCC(=O)OC1(C2CCCC(C)C2)C2CC3CC1CC(C)(C3)C2. The van der Waals surface area contributed by atoms with Gasteiger partial charge < -0.3 is 18.9 Å². The van der Waals surface area contributed by atoms with Crippen molar-refractivity contribution in [3.63, 3.8) is 0 Å². The zero-order valence-corrected chi connectivity index (χ0v) is 34.7. The predicted octanol–water partition coefficient (Wildman–Crippen LogP) is 9.73. The molecule has 8 nitrogen and oxygen atoms in total. The third-order valence-electron chi connectivity index (χ3n) is 16.4. The lowest BCUT2D eigenvalue weighted by Crippen LogP contribution is -2.65. The van der Waals surface area contributed by atoms with E-state index in [1.54, 1.807) is 6.92 Å². The molecule has 8 atom stereocenters. The van der Waals surface area contributed by atoms with Crippen molar-refractivity contribution in [2.24, 2.45) is 70.0 Å². The first kappa shape index (κ1) is 40.6. The summed E-state index contributed by atoms with van der Waals surface area (Å²) in [4.78, 5) is 48.7. The molecule has 0 spiro atoms. The van der Waals surface area contributed by atoms with Crippen molar-refractivity contribution < 1.29 is 38.1 Å². The second kappa shape index (κ2) is 15.6. The van der Waals surface area contributed by atoms with Gasteiger partial charge in [-0.25, -0.2) is 19.2 Å². The van der Waals surface area contributed by atoms with E-state index in [0.29, 0.717) is 63.7 Å². The normalized spacial score (nSPS) is 44.7. The van der Waals surface area contributed by atoms with E-state index in [4.69, 9.17) is 18.9 Å². The molecule has 0 aliphatic heterocycles. The molecule has 0 aromatic rings. The maximum Gasteiger partial charge on any atom is 0.344 e. The van der Waals surface area contributed by atoms with Crippen LogP contribution in [0.15, 0.2) is 24.8 Å². The molecule has 10 rings (SSSR count). The van der Waals surface area contributed by atoms with Crippen LogP contribution in [0.2, 0.25) is 0 Å². The molecule has 10 fully saturated rings. The van der Waals surface area contributed by atoms with Crippen molar-refractivity contribution in [2.75, 3.05) is 13.2 Å². The number of rotatable bonds is 10. The molecule has 10 aliphatic rings. The van der Waals surface area contributed by atoms with Crippen molar-refractivity contribution in [1.82, 2.24) is 0 Å². The molecule has 306 valence electrons. The summed E-state index contributed by atoms with van der Waals surface area (Å²) < 4.78 is 22.9. The highest BCUT2D eigenvalue weighted by atomic mass is 16.6. The van der Waals surface area contributed by atoms with Crippen LogP contribution >= 0.6 is 0 Å². The van der Waals surface area contributed by atoms with Gasteiger partial charge in [0.2, 0.25) is 0 Å². The average molecular weight is 763 g/mol. The quantitative estimate of drug-likeness (QED) is 0.123. The molecule has 55 heavy (non-hydrogen) atoms. The minimum absolute atomic E-state index is 0.296. The van der Waals surface area contributed by atoms with Gasteiger partial charge in [-0.05, 0) is 143 Å².